The summed E-state index contributed by atoms with van der Waals surface area (Å²) in [6, 6.07) is 13.3. The van der Waals surface area contributed by atoms with Gasteiger partial charge in [0.25, 0.3) is 0 Å². The number of amides is 1. The highest BCUT2D eigenvalue weighted by molar-refractivity contribution is 7.09. The maximum atomic E-state index is 12.5. The molecule has 0 fully saturated rings. The maximum Gasteiger partial charge on any atom is 0.344 e. The summed E-state index contributed by atoms with van der Waals surface area (Å²) in [6.07, 6.45) is 0. The number of para-hydroxylation sites is 1. The molecule has 1 amide bonds. The van der Waals surface area contributed by atoms with Crippen LogP contribution in [-0.4, -0.2) is 35.6 Å². The molecule has 0 spiro atoms. The first kappa shape index (κ1) is 18.4. The van der Waals surface area contributed by atoms with E-state index in [-0.39, 0.29) is 6.03 Å². The first-order valence-electron chi connectivity index (χ1n) is 9.54. The molecule has 0 aliphatic carbocycles. The minimum absolute atomic E-state index is 0.327. The molecule has 1 N–H and O–H groups in total. The molecule has 0 saturated heterocycles. The second kappa shape index (κ2) is 7.34. The Kier molecular flexibility index (Phi) is 4.51. The summed E-state index contributed by atoms with van der Waals surface area (Å²) in [6.45, 7) is 5.06. The third-order valence-electron chi connectivity index (χ3n) is 4.95. The summed E-state index contributed by atoms with van der Waals surface area (Å²) in [5.74, 6) is 0.955. The Hall–Kier alpha value is -3.59. The van der Waals surface area contributed by atoms with Crippen molar-refractivity contribution in [1.29, 1.82) is 0 Å². The van der Waals surface area contributed by atoms with Crippen molar-refractivity contribution in [1.82, 2.24) is 34.8 Å². The Morgan fingerprint density at radius 3 is 2.83 bits per heavy atom. The molecule has 0 bridgehead atoms. The number of thiazole rings is 1. The van der Waals surface area contributed by atoms with Crippen LogP contribution in [-0.2, 0) is 13.1 Å². The van der Waals surface area contributed by atoms with Crippen LogP contribution in [0.25, 0.3) is 22.1 Å². The van der Waals surface area contributed by atoms with Gasteiger partial charge in [0.1, 0.15) is 16.3 Å². The third kappa shape index (κ3) is 3.33. The van der Waals surface area contributed by atoms with E-state index in [1.165, 1.54) is 21.6 Å². The van der Waals surface area contributed by atoms with Crippen molar-refractivity contribution in [3.63, 3.8) is 0 Å². The molecule has 3 aromatic heterocycles. The summed E-state index contributed by atoms with van der Waals surface area (Å²) >= 11 is 1.52. The predicted molar refractivity (Wildman–Crippen MR) is 116 cm³/mol. The number of rotatable bonds is 4. The van der Waals surface area contributed by atoms with E-state index in [1.807, 2.05) is 42.6 Å². The van der Waals surface area contributed by atoms with Gasteiger partial charge in [-0.3, -0.25) is 0 Å². The SMILES string of the molecule is Cc1ccc2nc(C)n(Cc3csc(CNC(=O)n4nnc5ccccc54)n3)c2c1. The summed E-state index contributed by atoms with van der Waals surface area (Å²) < 4.78 is 3.44. The van der Waals surface area contributed by atoms with Crippen LogP contribution in [0, 0.1) is 13.8 Å². The molecule has 8 nitrogen and oxygen atoms in total. The fraction of sp³-hybridized carbons (Fsp3) is 0.190. The molecule has 30 heavy (non-hydrogen) atoms. The molecule has 0 atom stereocenters. The molecule has 0 aliphatic rings. The lowest BCUT2D eigenvalue weighted by atomic mass is 10.2. The Labute approximate surface area is 176 Å². The number of carbonyl (C=O) groups excluding carboxylic acids is 1. The van der Waals surface area contributed by atoms with E-state index in [0.717, 1.165) is 27.6 Å². The van der Waals surface area contributed by atoms with Crippen LogP contribution in [0.1, 0.15) is 22.1 Å². The smallest absolute Gasteiger partial charge is 0.330 e. The topological polar surface area (TPSA) is 90.5 Å². The standard InChI is InChI=1S/C21H19N7OS/c1-13-7-8-16-19(9-13)27(14(2)23-16)11-15-12-30-20(24-15)10-22-21(29)28-18-6-4-3-5-17(18)25-26-28/h3-9,12H,10-11H2,1-2H3,(H,22,29). The third-order valence-corrected chi connectivity index (χ3v) is 5.85. The zero-order valence-corrected chi connectivity index (χ0v) is 17.3. The fourth-order valence-corrected chi connectivity index (χ4v) is 4.19. The zero-order valence-electron chi connectivity index (χ0n) is 16.5. The Morgan fingerprint density at radius 1 is 1.07 bits per heavy atom. The highest BCUT2D eigenvalue weighted by Crippen LogP contribution is 2.20. The monoisotopic (exact) mass is 417 g/mol. The van der Waals surface area contributed by atoms with Gasteiger partial charge in [-0.15, -0.1) is 16.4 Å². The Bertz CT molecular complexity index is 1380. The van der Waals surface area contributed by atoms with Crippen molar-refractivity contribution in [2.45, 2.75) is 26.9 Å². The molecule has 0 radical (unpaired) electrons. The lowest BCUT2D eigenvalue weighted by molar-refractivity contribution is 0.239. The van der Waals surface area contributed by atoms with Crippen LogP contribution in [0.15, 0.2) is 47.8 Å². The quantitative estimate of drug-likeness (QED) is 0.482. The molecule has 3 heterocycles. The molecule has 0 aliphatic heterocycles. The second-order valence-corrected chi connectivity index (χ2v) is 8.06. The molecular weight excluding hydrogens is 398 g/mol. The highest BCUT2D eigenvalue weighted by atomic mass is 32.1. The lowest BCUT2D eigenvalue weighted by Gasteiger charge is -2.05. The predicted octanol–water partition coefficient (Wildman–Crippen LogP) is 3.66. The number of aromatic nitrogens is 6. The maximum absolute atomic E-state index is 12.5. The minimum Gasteiger partial charge on any atom is -0.330 e. The number of nitrogens with one attached hydrogen (secondary N) is 1. The van der Waals surface area contributed by atoms with E-state index >= 15 is 0 Å². The summed E-state index contributed by atoms with van der Waals surface area (Å²) in [7, 11) is 0. The molecule has 2 aromatic carbocycles. The normalized spacial score (nSPS) is 11.4. The van der Waals surface area contributed by atoms with Crippen LogP contribution < -0.4 is 5.32 Å². The Balaban J connectivity index is 1.30. The number of nitrogens with zero attached hydrogens (tertiary/aromatic N) is 6. The van der Waals surface area contributed by atoms with Gasteiger partial charge in [0, 0.05) is 5.38 Å². The summed E-state index contributed by atoms with van der Waals surface area (Å²) in [4.78, 5) is 21.8. The van der Waals surface area contributed by atoms with Crippen molar-refractivity contribution in [2.75, 3.05) is 0 Å². The Morgan fingerprint density at radius 2 is 1.93 bits per heavy atom. The molecule has 150 valence electrons. The number of hydrogen-bond donors (Lipinski definition) is 1. The van der Waals surface area contributed by atoms with Gasteiger partial charge in [0.15, 0.2) is 0 Å². The van der Waals surface area contributed by atoms with E-state index in [2.05, 4.69) is 49.2 Å². The molecule has 5 rings (SSSR count). The molecular formula is C21H19N7OS. The van der Waals surface area contributed by atoms with Gasteiger partial charge in [-0.25, -0.2) is 14.8 Å². The number of hydrogen-bond acceptors (Lipinski definition) is 6. The van der Waals surface area contributed by atoms with E-state index in [9.17, 15) is 4.79 Å². The number of carbonyl (C=O) groups is 1. The van der Waals surface area contributed by atoms with Gasteiger partial charge in [-0.1, -0.05) is 23.4 Å². The molecule has 5 aromatic rings. The van der Waals surface area contributed by atoms with Crippen molar-refractivity contribution >= 4 is 39.4 Å². The second-order valence-electron chi connectivity index (χ2n) is 7.12. The van der Waals surface area contributed by atoms with Gasteiger partial charge in [-0.2, -0.15) is 4.68 Å². The van der Waals surface area contributed by atoms with E-state index in [4.69, 9.17) is 0 Å². The number of fused-ring (bicyclic) bond motifs is 2. The van der Waals surface area contributed by atoms with Crippen molar-refractivity contribution < 1.29 is 4.79 Å². The van der Waals surface area contributed by atoms with Crippen molar-refractivity contribution in [2.24, 2.45) is 0 Å². The molecule has 0 saturated carbocycles. The van der Waals surface area contributed by atoms with E-state index < -0.39 is 0 Å². The van der Waals surface area contributed by atoms with Crippen LogP contribution in [0.4, 0.5) is 4.79 Å². The first-order chi connectivity index (χ1) is 14.6. The lowest BCUT2D eigenvalue weighted by Crippen LogP contribution is -2.28. The van der Waals surface area contributed by atoms with Gasteiger partial charge in [0.05, 0.1) is 35.3 Å². The fourth-order valence-electron chi connectivity index (χ4n) is 3.46. The van der Waals surface area contributed by atoms with Crippen molar-refractivity contribution in [3.8, 4) is 0 Å². The minimum atomic E-state index is -0.327. The average molecular weight is 417 g/mol. The molecule has 9 heteroatoms. The molecule has 0 unspecified atom stereocenters. The van der Waals surface area contributed by atoms with Gasteiger partial charge < -0.3 is 9.88 Å². The van der Waals surface area contributed by atoms with E-state index in [1.54, 1.807) is 0 Å². The number of aryl methyl sites for hydroxylation is 2. The van der Waals surface area contributed by atoms with E-state index in [0.29, 0.717) is 24.1 Å². The zero-order chi connectivity index (χ0) is 20.7. The van der Waals surface area contributed by atoms with Gasteiger partial charge >= 0.3 is 6.03 Å². The van der Waals surface area contributed by atoms with Crippen molar-refractivity contribution in [3.05, 3.63) is 69.9 Å². The van der Waals surface area contributed by atoms with Crippen LogP contribution >= 0.6 is 11.3 Å². The number of benzene rings is 2. The summed E-state index contributed by atoms with van der Waals surface area (Å²) in [5.41, 5.74) is 5.59. The van der Waals surface area contributed by atoms with Crippen LogP contribution in [0.2, 0.25) is 0 Å². The van der Waals surface area contributed by atoms with Gasteiger partial charge in [0.2, 0.25) is 0 Å². The van der Waals surface area contributed by atoms with Gasteiger partial charge in [-0.05, 0) is 43.7 Å². The highest BCUT2D eigenvalue weighted by Gasteiger charge is 2.13. The largest absolute Gasteiger partial charge is 0.344 e. The first-order valence-corrected chi connectivity index (χ1v) is 10.4. The van der Waals surface area contributed by atoms with Crippen LogP contribution in [0.3, 0.4) is 0 Å². The number of imidazole rings is 1. The average Bonchev–Trinajstić information content (AvgIpc) is 3.45. The van der Waals surface area contributed by atoms with Crippen LogP contribution in [0.5, 0.6) is 0 Å². The summed E-state index contributed by atoms with van der Waals surface area (Å²) in [5, 5.41) is 13.7.